The van der Waals surface area contributed by atoms with Gasteiger partial charge in [0, 0.05) is 18.2 Å². The molecule has 0 saturated heterocycles. The van der Waals surface area contributed by atoms with Gasteiger partial charge in [-0.25, -0.2) is 4.98 Å². The first kappa shape index (κ1) is 21.8. The number of benzene rings is 5. The fourth-order valence-corrected chi connectivity index (χ4v) is 4.65. The first-order valence-electron chi connectivity index (χ1n) is 12.1. The van der Waals surface area contributed by atoms with E-state index in [0.29, 0.717) is 0 Å². The molecule has 0 spiro atoms. The van der Waals surface area contributed by atoms with Gasteiger partial charge in [0.05, 0.1) is 22.9 Å². The minimum Gasteiger partial charge on any atom is -0.326 e. The van der Waals surface area contributed by atoms with Crippen molar-refractivity contribution in [3.8, 4) is 33.4 Å². The Morgan fingerprint density at radius 2 is 1.08 bits per heavy atom. The normalized spacial score (nSPS) is 11.4. The molecule has 36 heavy (non-hydrogen) atoms. The summed E-state index contributed by atoms with van der Waals surface area (Å²) in [5.41, 5.74) is 9.76. The van der Waals surface area contributed by atoms with Crippen molar-refractivity contribution in [2.24, 2.45) is 12.0 Å². The van der Waals surface area contributed by atoms with Crippen molar-refractivity contribution in [2.75, 3.05) is 0 Å². The first-order valence-corrected chi connectivity index (χ1v) is 12.1. The molecule has 0 N–H and O–H groups in total. The maximum atomic E-state index is 5.11. The third-order valence-corrected chi connectivity index (χ3v) is 6.52. The highest BCUT2D eigenvalue weighted by molar-refractivity contribution is 5.96. The molecule has 5 aromatic carbocycles. The Hall–Kier alpha value is -4.76. The molecule has 0 aliphatic carbocycles. The van der Waals surface area contributed by atoms with Crippen molar-refractivity contribution in [1.29, 1.82) is 0 Å². The fraction of sp³-hybridized carbons (Fsp3) is 0.0303. The summed E-state index contributed by atoms with van der Waals surface area (Å²) in [5, 5.41) is 0. The van der Waals surface area contributed by atoms with E-state index in [1.807, 2.05) is 43.6 Å². The third-order valence-electron chi connectivity index (χ3n) is 6.52. The zero-order valence-corrected chi connectivity index (χ0v) is 20.0. The van der Waals surface area contributed by atoms with Crippen LogP contribution in [0.3, 0.4) is 0 Å². The van der Waals surface area contributed by atoms with Gasteiger partial charge in [-0.05, 0) is 46.5 Å². The topological polar surface area (TPSA) is 30.2 Å². The predicted octanol–water partition coefficient (Wildman–Crippen LogP) is 8.32. The van der Waals surface area contributed by atoms with Gasteiger partial charge in [-0.3, -0.25) is 4.99 Å². The number of aliphatic imine (C=N–C) groups is 1. The van der Waals surface area contributed by atoms with Crippen LogP contribution in [0.5, 0.6) is 0 Å². The second kappa shape index (κ2) is 9.47. The number of aryl methyl sites for hydroxylation is 1. The summed E-state index contributed by atoms with van der Waals surface area (Å²) in [5.74, 6) is 0.821. The molecule has 172 valence electrons. The molecule has 0 aliphatic rings. The van der Waals surface area contributed by atoms with Gasteiger partial charge in [-0.15, -0.1) is 0 Å². The molecule has 1 heterocycles. The second-order valence-electron chi connectivity index (χ2n) is 8.79. The monoisotopic (exact) mass is 463 g/mol. The van der Waals surface area contributed by atoms with Crippen LogP contribution in [0.2, 0.25) is 0 Å². The molecular formula is C33H25N3. The molecule has 6 aromatic rings. The zero-order valence-electron chi connectivity index (χ0n) is 20.0. The van der Waals surface area contributed by atoms with Gasteiger partial charge < -0.3 is 4.57 Å². The van der Waals surface area contributed by atoms with E-state index in [1.54, 1.807) is 0 Å². The molecule has 0 aliphatic heterocycles. The van der Waals surface area contributed by atoms with Crippen molar-refractivity contribution in [2.45, 2.75) is 0 Å². The Kier molecular flexibility index (Phi) is 5.72. The van der Waals surface area contributed by atoms with Gasteiger partial charge in [0.25, 0.3) is 0 Å². The Labute approximate surface area is 211 Å². The molecular weight excluding hydrogens is 438 g/mol. The molecule has 0 fully saturated rings. The van der Waals surface area contributed by atoms with Crippen molar-refractivity contribution in [1.82, 2.24) is 9.55 Å². The lowest BCUT2D eigenvalue weighted by Gasteiger charge is -2.16. The SMILES string of the molecule is Cn1c(/C=N/c2c(-c3ccccc3)cc(-c3ccccc3)cc2-c2ccccc2)nc2ccccc21. The van der Waals surface area contributed by atoms with Crippen LogP contribution in [-0.4, -0.2) is 15.8 Å². The fourth-order valence-electron chi connectivity index (χ4n) is 4.65. The van der Waals surface area contributed by atoms with E-state index in [2.05, 4.69) is 102 Å². The van der Waals surface area contributed by atoms with Crippen LogP contribution in [0.1, 0.15) is 5.82 Å². The van der Waals surface area contributed by atoms with Crippen LogP contribution in [0.4, 0.5) is 5.69 Å². The highest BCUT2D eigenvalue weighted by Crippen LogP contribution is 2.42. The van der Waals surface area contributed by atoms with Crippen molar-refractivity contribution in [3.63, 3.8) is 0 Å². The van der Waals surface area contributed by atoms with Gasteiger partial charge in [0.2, 0.25) is 0 Å². The van der Waals surface area contributed by atoms with E-state index >= 15 is 0 Å². The average molecular weight is 464 g/mol. The van der Waals surface area contributed by atoms with E-state index in [4.69, 9.17) is 9.98 Å². The zero-order chi connectivity index (χ0) is 24.3. The van der Waals surface area contributed by atoms with Gasteiger partial charge in [-0.2, -0.15) is 0 Å². The van der Waals surface area contributed by atoms with Crippen LogP contribution < -0.4 is 0 Å². The van der Waals surface area contributed by atoms with Crippen LogP contribution >= 0.6 is 0 Å². The maximum Gasteiger partial charge on any atom is 0.152 e. The van der Waals surface area contributed by atoms with Crippen LogP contribution in [0, 0.1) is 0 Å². The number of imidazole rings is 1. The molecule has 0 amide bonds. The molecule has 0 bridgehead atoms. The lowest BCUT2D eigenvalue weighted by atomic mass is 9.91. The van der Waals surface area contributed by atoms with Gasteiger partial charge in [0.15, 0.2) is 5.82 Å². The number of hydrogen-bond acceptors (Lipinski definition) is 2. The van der Waals surface area contributed by atoms with Gasteiger partial charge in [0.1, 0.15) is 0 Å². The van der Waals surface area contributed by atoms with Crippen LogP contribution in [-0.2, 0) is 7.05 Å². The molecule has 1 aromatic heterocycles. The Balaban J connectivity index is 1.60. The second-order valence-corrected chi connectivity index (χ2v) is 8.79. The van der Waals surface area contributed by atoms with Crippen molar-refractivity contribution < 1.29 is 0 Å². The number of rotatable bonds is 5. The Bertz CT molecular complexity index is 1600. The third kappa shape index (κ3) is 4.12. The average Bonchev–Trinajstić information content (AvgIpc) is 3.28. The number of fused-ring (bicyclic) bond motifs is 1. The Morgan fingerprint density at radius 3 is 1.64 bits per heavy atom. The summed E-state index contributed by atoms with van der Waals surface area (Å²) in [6, 6.07) is 44.2. The van der Waals surface area contributed by atoms with Gasteiger partial charge >= 0.3 is 0 Å². The summed E-state index contributed by atoms with van der Waals surface area (Å²) in [6.45, 7) is 0. The summed E-state index contributed by atoms with van der Waals surface area (Å²) in [7, 11) is 2.03. The lowest BCUT2D eigenvalue weighted by Crippen LogP contribution is -1.96. The summed E-state index contributed by atoms with van der Waals surface area (Å²) in [6.07, 6.45) is 1.89. The molecule has 0 radical (unpaired) electrons. The van der Waals surface area contributed by atoms with E-state index in [0.717, 1.165) is 50.4 Å². The number of nitrogens with zero attached hydrogens (tertiary/aromatic N) is 3. The molecule has 0 saturated carbocycles. The van der Waals surface area contributed by atoms with Gasteiger partial charge in [-0.1, -0.05) is 103 Å². The number of aromatic nitrogens is 2. The highest BCUT2D eigenvalue weighted by atomic mass is 15.1. The molecule has 3 nitrogen and oxygen atoms in total. The van der Waals surface area contributed by atoms with Crippen LogP contribution in [0.25, 0.3) is 44.4 Å². The predicted molar refractivity (Wildman–Crippen MR) is 151 cm³/mol. The molecule has 3 heteroatoms. The Morgan fingerprint density at radius 1 is 0.583 bits per heavy atom. The van der Waals surface area contributed by atoms with Crippen molar-refractivity contribution >= 4 is 22.9 Å². The van der Waals surface area contributed by atoms with E-state index in [-0.39, 0.29) is 0 Å². The quantitative estimate of drug-likeness (QED) is 0.236. The van der Waals surface area contributed by atoms with Crippen molar-refractivity contribution in [3.05, 3.63) is 133 Å². The summed E-state index contributed by atoms with van der Waals surface area (Å²) in [4.78, 5) is 9.92. The van der Waals surface area contributed by atoms with Crippen LogP contribution in [0.15, 0.2) is 132 Å². The molecule has 0 unspecified atom stereocenters. The number of para-hydroxylation sites is 2. The first-order chi connectivity index (χ1) is 17.8. The molecule has 6 rings (SSSR count). The smallest absolute Gasteiger partial charge is 0.152 e. The maximum absolute atomic E-state index is 5.11. The van der Waals surface area contributed by atoms with E-state index < -0.39 is 0 Å². The molecule has 0 atom stereocenters. The standard InChI is InChI=1S/C33H25N3/c1-36-31-20-12-11-19-30(31)35-32(36)23-34-33-28(25-15-7-3-8-16-25)21-27(24-13-5-2-6-14-24)22-29(33)26-17-9-4-10-18-26/h2-23H,1H3/b34-23+. The van der Waals surface area contributed by atoms with E-state index in [1.165, 1.54) is 5.56 Å². The summed E-state index contributed by atoms with van der Waals surface area (Å²) >= 11 is 0. The minimum absolute atomic E-state index is 0.821. The summed E-state index contributed by atoms with van der Waals surface area (Å²) < 4.78 is 2.08. The minimum atomic E-state index is 0.821. The highest BCUT2D eigenvalue weighted by Gasteiger charge is 2.15. The number of hydrogen-bond donors (Lipinski definition) is 0. The lowest BCUT2D eigenvalue weighted by molar-refractivity contribution is 0.935. The largest absolute Gasteiger partial charge is 0.326 e. The van der Waals surface area contributed by atoms with E-state index in [9.17, 15) is 0 Å².